The number of rotatable bonds is 6. The highest BCUT2D eigenvalue weighted by Gasteiger charge is 2.24. The molecule has 0 amide bonds. The van der Waals surface area contributed by atoms with Gasteiger partial charge in [-0.25, -0.2) is 13.8 Å². The Balaban J connectivity index is 0.00000225. The van der Waals surface area contributed by atoms with Gasteiger partial charge in [-0.1, -0.05) is 10.8 Å². The average molecular weight is 407 g/mol. The highest BCUT2D eigenvalue weighted by atomic mass is 35.5. The number of imidazole rings is 1. The number of carboxylic acids is 1. The number of carbonyl (C=O) groups is 1. The largest absolute Gasteiger partial charge is 0.481 e. The molecule has 0 saturated heterocycles. The van der Waals surface area contributed by atoms with Crippen molar-refractivity contribution in [3.05, 3.63) is 47.3 Å². The lowest BCUT2D eigenvalue weighted by molar-refractivity contribution is -0.136. The van der Waals surface area contributed by atoms with Gasteiger partial charge < -0.3 is 9.67 Å². The molecule has 3 rings (SSSR count). The van der Waals surface area contributed by atoms with Crippen molar-refractivity contribution >= 4 is 40.0 Å². The number of nitrogens with zero attached hydrogens (tertiary/aromatic N) is 2. The molecule has 0 spiro atoms. The van der Waals surface area contributed by atoms with Gasteiger partial charge in [0.2, 0.25) is 0 Å². The molecule has 4 nitrogen and oxygen atoms in total. The minimum Gasteiger partial charge on any atom is -0.481 e. The van der Waals surface area contributed by atoms with E-state index >= 15 is 0 Å². The van der Waals surface area contributed by atoms with Crippen molar-refractivity contribution in [3.8, 4) is 0 Å². The van der Waals surface area contributed by atoms with Crippen LogP contribution in [0.3, 0.4) is 0 Å². The molecule has 1 unspecified atom stereocenters. The molecule has 9 heteroatoms. The van der Waals surface area contributed by atoms with Crippen LogP contribution in [0.4, 0.5) is 8.78 Å². The molecule has 0 aliphatic heterocycles. The van der Waals surface area contributed by atoms with E-state index in [0.717, 1.165) is 17.6 Å². The molecule has 0 saturated carbocycles. The first-order valence-electron chi connectivity index (χ1n) is 7.55. The quantitative estimate of drug-likeness (QED) is 0.564. The topological polar surface area (TPSA) is 55.1 Å². The molecule has 0 fully saturated rings. The fraction of sp³-hybridized carbons (Fsp3) is 0.375. The van der Waals surface area contributed by atoms with Crippen LogP contribution in [0.5, 0.6) is 0 Å². The molecule has 1 heterocycles. The number of aliphatic carboxylic acids is 1. The molecule has 1 aromatic heterocycles. The molecule has 0 radical (unpaired) electrons. The Labute approximate surface area is 158 Å². The Bertz CT molecular complexity index is 758. The first-order chi connectivity index (χ1) is 11.5. The summed E-state index contributed by atoms with van der Waals surface area (Å²) in [6.07, 6.45) is 5.56. The van der Waals surface area contributed by atoms with E-state index in [-0.39, 0.29) is 24.9 Å². The van der Waals surface area contributed by atoms with E-state index in [1.165, 1.54) is 27.7 Å². The third-order valence-corrected chi connectivity index (χ3v) is 6.25. The van der Waals surface area contributed by atoms with Gasteiger partial charge in [0.05, 0.1) is 6.42 Å². The Morgan fingerprint density at radius 1 is 1.40 bits per heavy atom. The summed E-state index contributed by atoms with van der Waals surface area (Å²) in [7, 11) is 2.87. The monoisotopic (exact) mass is 406 g/mol. The van der Waals surface area contributed by atoms with Crippen LogP contribution in [0, 0.1) is 11.6 Å². The number of benzene rings is 1. The van der Waals surface area contributed by atoms with Crippen LogP contribution in [0.2, 0.25) is 0 Å². The molecule has 1 aliphatic rings. The van der Waals surface area contributed by atoms with E-state index in [9.17, 15) is 13.6 Å². The van der Waals surface area contributed by atoms with Crippen molar-refractivity contribution in [2.45, 2.75) is 36.9 Å². The van der Waals surface area contributed by atoms with Crippen molar-refractivity contribution < 1.29 is 18.7 Å². The number of fused-ring (bicyclic) bond motifs is 1. The van der Waals surface area contributed by atoms with Crippen molar-refractivity contribution in [2.75, 3.05) is 5.75 Å². The molecule has 0 bridgehead atoms. The van der Waals surface area contributed by atoms with Gasteiger partial charge in [0.15, 0.2) is 5.16 Å². The summed E-state index contributed by atoms with van der Waals surface area (Å²) in [6, 6.07) is 2.45. The summed E-state index contributed by atoms with van der Waals surface area (Å²) in [5.74, 6) is -1.33. The first kappa shape index (κ1) is 20.1. The van der Waals surface area contributed by atoms with Crippen molar-refractivity contribution in [2.24, 2.45) is 0 Å². The second kappa shape index (κ2) is 8.91. The zero-order valence-corrected chi connectivity index (χ0v) is 15.6. The number of aromatic nitrogens is 2. The van der Waals surface area contributed by atoms with Crippen molar-refractivity contribution in [1.82, 2.24) is 9.55 Å². The van der Waals surface area contributed by atoms with Crippen LogP contribution in [-0.4, -0.2) is 26.4 Å². The lowest BCUT2D eigenvalue weighted by atomic mass is 9.87. The Kier molecular flexibility index (Phi) is 7.15. The third-order valence-electron chi connectivity index (χ3n) is 3.99. The van der Waals surface area contributed by atoms with Crippen LogP contribution < -0.4 is 0 Å². The van der Waals surface area contributed by atoms with Gasteiger partial charge in [-0.15, -0.1) is 12.4 Å². The highest BCUT2D eigenvalue weighted by molar-refractivity contribution is 8.76. The van der Waals surface area contributed by atoms with E-state index in [4.69, 9.17) is 5.11 Å². The van der Waals surface area contributed by atoms with Gasteiger partial charge >= 0.3 is 5.97 Å². The molecular formula is C16H17ClF2N2O2S2. The molecule has 1 N–H and O–H groups in total. The van der Waals surface area contributed by atoms with Crippen LogP contribution in [0.1, 0.15) is 30.0 Å². The van der Waals surface area contributed by atoms with E-state index in [1.54, 1.807) is 6.20 Å². The molecule has 136 valence electrons. The molecule has 25 heavy (non-hydrogen) atoms. The lowest BCUT2D eigenvalue weighted by Crippen LogP contribution is -2.20. The Hall–Kier alpha value is -1.25. The smallest absolute Gasteiger partial charge is 0.304 e. The van der Waals surface area contributed by atoms with E-state index in [2.05, 4.69) is 4.98 Å². The number of hydrogen-bond donors (Lipinski definition) is 1. The van der Waals surface area contributed by atoms with Gasteiger partial charge in [-0.05, 0) is 47.2 Å². The van der Waals surface area contributed by atoms with Gasteiger partial charge in [0.25, 0.3) is 0 Å². The van der Waals surface area contributed by atoms with E-state index in [0.29, 0.717) is 29.7 Å². The van der Waals surface area contributed by atoms with Crippen LogP contribution in [0.25, 0.3) is 0 Å². The van der Waals surface area contributed by atoms with E-state index in [1.807, 2.05) is 10.8 Å². The fourth-order valence-electron chi connectivity index (χ4n) is 2.89. The molecule has 2 aromatic rings. The van der Waals surface area contributed by atoms with E-state index < -0.39 is 17.6 Å². The number of carboxylic acid groups (broad SMARTS) is 1. The van der Waals surface area contributed by atoms with Crippen molar-refractivity contribution in [3.63, 3.8) is 0 Å². The fourth-order valence-corrected chi connectivity index (χ4v) is 4.94. The number of halogens is 3. The summed E-state index contributed by atoms with van der Waals surface area (Å²) in [4.78, 5) is 14.9. The predicted molar refractivity (Wildman–Crippen MR) is 97.5 cm³/mol. The zero-order valence-electron chi connectivity index (χ0n) is 13.2. The second-order valence-corrected chi connectivity index (χ2v) is 7.97. The summed E-state index contributed by atoms with van der Waals surface area (Å²) >= 11 is 0. The average Bonchev–Trinajstić information content (AvgIpc) is 2.99. The Morgan fingerprint density at radius 3 is 2.96 bits per heavy atom. The lowest BCUT2D eigenvalue weighted by Gasteiger charge is -2.27. The van der Waals surface area contributed by atoms with Gasteiger partial charge in [-0.2, -0.15) is 0 Å². The van der Waals surface area contributed by atoms with Crippen LogP contribution in [-0.2, 0) is 17.6 Å². The molecule has 1 aromatic carbocycles. The maximum atomic E-state index is 13.8. The predicted octanol–water partition coefficient (Wildman–Crippen LogP) is 4.53. The SMILES string of the molecule is Cl.O=C(O)CCSSc1nccn1C1CCc2c(F)cc(F)cc2C1. The first-order valence-corrected chi connectivity index (χ1v) is 9.87. The maximum Gasteiger partial charge on any atom is 0.304 e. The van der Waals surface area contributed by atoms with Gasteiger partial charge in [-0.3, -0.25) is 4.79 Å². The van der Waals surface area contributed by atoms with Crippen LogP contribution >= 0.6 is 34.0 Å². The third kappa shape index (κ3) is 4.89. The van der Waals surface area contributed by atoms with Gasteiger partial charge in [0.1, 0.15) is 11.6 Å². The van der Waals surface area contributed by atoms with Crippen molar-refractivity contribution in [1.29, 1.82) is 0 Å². The second-order valence-electron chi connectivity index (χ2n) is 5.59. The molecule has 1 aliphatic carbocycles. The zero-order chi connectivity index (χ0) is 17.1. The summed E-state index contributed by atoms with van der Waals surface area (Å²) < 4.78 is 29.3. The minimum absolute atomic E-state index is 0. The summed E-state index contributed by atoms with van der Waals surface area (Å²) in [6.45, 7) is 0. The standard InChI is InChI=1S/C16H16F2N2O2S2.ClH/c17-11-7-10-8-12(1-2-13(10)14(18)9-11)20-5-4-19-16(20)24-23-6-3-15(21)22;/h4-5,7,9,12H,1-3,6,8H2,(H,21,22);1H. The summed E-state index contributed by atoms with van der Waals surface area (Å²) in [5, 5.41) is 9.45. The normalized spacial score (nSPS) is 16.2. The maximum absolute atomic E-state index is 13.8. The molecule has 1 atom stereocenters. The summed E-state index contributed by atoms with van der Waals surface area (Å²) in [5.41, 5.74) is 1.32. The van der Waals surface area contributed by atoms with Gasteiger partial charge in [0, 0.05) is 30.3 Å². The highest BCUT2D eigenvalue weighted by Crippen LogP contribution is 2.36. The minimum atomic E-state index is -0.820. The molecular weight excluding hydrogens is 390 g/mol. The van der Waals surface area contributed by atoms with Crippen LogP contribution in [0.15, 0.2) is 29.7 Å². The number of hydrogen-bond acceptors (Lipinski definition) is 4. The Morgan fingerprint density at radius 2 is 2.20 bits per heavy atom.